The number of nitrogens with zero attached hydrogens (tertiary/aromatic N) is 2. The highest BCUT2D eigenvalue weighted by molar-refractivity contribution is 7.99. The minimum absolute atomic E-state index is 0.0525. The van der Waals surface area contributed by atoms with Gasteiger partial charge in [-0.05, 0) is 42.0 Å². The van der Waals surface area contributed by atoms with Crippen LogP contribution in [0.15, 0.2) is 76.7 Å². The van der Waals surface area contributed by atoms with Crippen LogP contribution in [0.25, 0.3) is 10.9 Å². The lowest BCUT2D eigenvalue weighted by molar-refractivity contribution is 0.101. The molecule has 0 saturated carbocycles. The molecule has 0 unspecified atom stereocenters. The van der Waals surface area contributed by atoms with Crippen LogP contribution in [-0.2, 0) is 6.54 Å². The number of benzene rings is 3. The third kappa shape index (κ3) is 4.90. The lowest BCUT2D eigenvalue weighted by atomic mass is 10.1. The number of halogens is 1. The fraction of sp³-hybridized carbons (Fsp3) is 0.160. The first-order chi connectivity index (χ1) is 16.0. The number of para-hydroxylation sites is 1. The molecule has 1 aromatic heterocycles. The molecule has 33 heavy (non-hydrogen) atoms. The zero-order valence-electron chi connectivity index (χ0n) is 18.1. The molecule has 4 aromatic rings. The molecule has 0 aliphatic rings. The summed E-state index contributed by atoms with van der Waals surface area (Å²) in [5.41, 5.74) is 1.50. The first-order valence-electron chi connectivity index (χ1n) is 10.1. The van der Waals surface area contributed by atoms with E-state index in [2.05, 4.69) is 4.98 Å². The molecule has 1 heterocycles. The normalized spacial score (nSPS) is 10.9. The number of rotatable bonds is 8. The number of Topliss-reactive ketones (excluding diaryl/α,β-unsaturated/α-hetero) is 1. The van der Waals surface area contributed by atoms with E-state index in [4.69, 9.17) is 9.47 Å². The van der Waals surface area contributed by atoms with Crippen molar-refractivity contribution in [3.63, 3.8) is 0 Å². The number of hydrogen-bond donors (Lipinski definition) is 0. The summed E-state index contributed by atoms with van der Waals surface area (Å²) in [7, 11) is 3.03. The van der Waals surface area contributed by atoms with E-state index in [1.54, 1.807) is 54.6 Å². The third-order valence-electron chi connectivity index (χ3n) is 5.12. The second-order valence-electron chi connectivity index (χ2n) is 7.21. The van der Waals surface area contributed by atoms with Crippen LogP contribution in [0.2, 0.25) is 0 Å². The number of aromatic nitrogens is 2. The van der Waals surface area contributed by atoms with Crippen LogP contribution in [0.4, 0.5) is 4.39 Å². The molecular weight excluding hydrogens is 443 g/mol. The summed E-state index contributed by atoms with van der Waals surface area (Å²) >= 11 is 1.17. The van der Waals surface area contributed by atoms with Gasteiger partial charge >= 0.3 is 0 Å². The molecule has 0 saturated heterocycles. The zero-order chi connectivity index (χ0) is 23.4. The Morgan fingerprint density at radius 3 is 2.52 bits per heavy atom. The first-order valence-corrected chi connectivity index (χ1v) is 11.1. The SMILES string of the molecule is COc1ccc(C(=O)CSc2nc3ccccc3c(=O)n2Cc2ccc(F)cc2)c(OC)c1. The monoisotopic (exact) mass is 464 g/mol. The van der Waals surface area contributed by atoms with Crippen molar-refractivity contribution in [1.82, 2.24) is 9.55 Å². The molecule has 0 aliphatic heterocycles. The van der Waals surface area contributed by atoms with E-state index in [1.807, 2.05) is 0 Å². The number of methoxy groups -OCH3 is 2. The van der Waals surface area contributed by atoms with E-state index in [-0.39, 0.29) is 29.5 Å². The van der Waals surface area contributed by atoms with Gasteiger partial charge in [0.1, 0.15) is 17.3 Å². The summed E-state index contributed by atoms with van der Waals surface area (Å²) in [6, 6.07) is 18.0. The predicted octanol–water partition coefficient (Wildman–Crippen LogP) is 4.58. The first kappa shape index (κ1) is 22.5. The Bertz CT molecular complexity index is 1370. The van der Waals surface area contributed by atoms with E-state index < -0.39 is 0 Å². The van der Waals surface area contributed by atoms with Gasteiger partial charge in [-0.15, -0.1) is 0 Å². The number of thioether (sulfide) groups is 1. The molecule has 0 fully saturated rings. The fourth-order valence-corrected chi connectivity index (χ4v) is 4.29. The van der Waals surface area contributed by atoms with Crippen LogP contribution in [0, 0.1) is 5.82 Å². The minimum Gasteiger partial charge on any atom is -0.497 e. The van der Waals surface area contributed by atoms with E-state index in [0.29, 0.717) is 33.1 Å². The van der Waals surface area contributed by atoms with Gasteiger partial charge in [0.05, 0.1) is 43.0 Å². The van der Waals surface area contributed by atoms with E-state index in [1.165, 1.54) is 42.7 Å². The molecule has 0 amide bonds. The van der Waals surface area contributed by atoms with Gasteiger partial charge < -0.3 is 9.47 Å². The minimum atomic E-state index is -0.351. The standard InChI is InChI=1S/C25H21FN2O4S/c1-31-18-11-12-20(23(13-18)32-2)22(29)15-33-25-27-21-6-4-3-5-19(21)24(30)28(25)14-16-7-9-17(26)10-8-16/h3-13H,14-15H2,1-2H3. The summed E-state index contributed by atoms with van der Waals surface area (Å²) < 4.78 is 25.4. The number of ether oxygens (including phenoxy) is 2. The molecule has 8 heteroatoms. The maximum atomic E-state index is 13.3. The topological polar surface area (TPSA) is 70.4 Å². The van der Waals surface area contributed by atoms with Crippen molar-refractivity contribution in [3.8, 4) is 11.5 Å². The maximum absolute atomic E-state index is 13.3. The highest BCUT2D eigenvalue weighted by atomic mass is 32.2. The molecule has 168 valence electrons. The van der Waals surface area contributed by atoms with Gasteiger partial charge in [0.15, 0.2) is 10.9 Å². The Kier molecular flexibility index (Phi) is 6.74. The number of fused-ring (bicyclic) bond motifs is 1. The van der Waals surface area contributed by atoms with E-state index in [0.717, 1.165) is 5.56 Å². The van der Waals surface area contributed by atoms with Crippen LogP contribution in [-0.4, -0.2) is 35.3 Å². The second kappa shape index (κ2) is 9.87. The van der Waals surface area contributed by atoms with Gasteiger partial charge in [-0.1, -0.05) is 36.0 Å². The van der Waals surface area contributed by atoms with Gasteiger partial charge in [-0.3, -0.25) is 14.2 Å². The molecule has 0 atom stereocenters. The van der Waals surface area contributed by atoms with Gasteiger partial charge in [0.2, 0.25) is 0 Å². The summed E-state index contributed by atoms with van der Waals surface area (Å²) in [4.78, 5) is 30.8. The highest BCUT2D eigenvalue weighted by Crippen LogP contribution is 2.27. The van der Waals surface area contributed by atoms with Crippen molar-refractivity contribution >= 4 is 28.4 Å². The third-order valence-corrected chi connectivity index (χ3v) is 6.10. The van der Waals surface area contributed by atoms with Crippen molar-refractivity contribution < 1.29 is 18.7 Å². The van der Waals surface area contributed by atoms with Crippen LogP contribution < -0.4 is 15.0 Å². The Balaban J connectivity index is 1.67. The van der Waals surface area contributed by atoms with Crippen LogP contribution in [0.5, 0.6) is 11.5 Å². The molecule has 0 spiro atoms. The van der Waals surface area contributed by atoms with Crippen LogP contribution in [0.1, 0.15) is 15.9 Å². The largest absolute Gasteiger partial charge is 0.497 e. The van der Waals surface area contributed by atoms with Crippen molar-refractivity contribution in [2.45, 2.75) is 11.7 Å². The summed E-state index contributed by atoms with van der Waals surface area (Å²) in [5.74, 6) is 0.527. The highest BCUT2D eigenvalue weighted by Gasteiger charge is 2.17. The van der Waals surface area contributed by atoms with Crippen LogP contribution in [0.3, 0.4) is 0 Å². The molecule has 3 aromatic carbocycles. The fourth-order valence-electron chi connectivity index (χ4n) is 3.41. The van der Waals surface area contributed by atoms with Gasteiger partial charge in [0, 0.05) is 6.07 Å². The molecule has 4 rings (SSSR count). The van der Waals surface area contributed by atoms with Gasteiger partial charge in [-0.25, -0.2) is 9.37 Å². The molecule has 0 N–H and O–H groups in total. The number of hydrogen-bond acceptors (Lipinski definition) is 6. The summed E-state index contributed by atoms with van der Waals surface area (Å²) in [5, 5.41) is 0.885. The van der Waals surface area contributed by atoms with Crippen molar-refractivity contribution in [3.05, 3.63) is 94.0 Å². The average Bonchev–Trinajstić information content (AvgIpc) is 2.85. The molecule has 0 aliphatic carbocycles. The zero-order valence-corrected chi connectivity index (χ0v) is 18.9. The van der Waals surface area contributed by atoms with Crippen molar-refractivity contribution in [1.29, 1.82) is 0 Å². The Morgan fingerprint density at radius 1 is 1.03 bits per heavy atom. The average molecular weight is 465 g/mol. The van der Waals surface area contributed by atoms with Crippen LogP contribution >= 0.6 is 11.8 Å². The lowest BCUT2D eigenvalue weighted by Gasteiger charge is -2.14. The number of ketones is 1. The maximum Gasteiger partial charge on any atom is 0.262 e. The Labute approximate surface area is 194 Å². The van der Waals surface area contributed by atoms with E-state index in [9.17, 15) is 14.0 Å². The Morgan fingerprint density at radius 2 is 1.79 bits per heavy atom. The lowest BCUT2D eigenvalue weighted by Crippen LogP contribution is -2.24. The smallest absolute Gasteiger partial charge is 0.262 e. The van der Waals surface area contributed by atoms with Crippen molar-refractivity contribution in [2.75, 3.05) is 20.0 Å². The summed E-state index contributed by atoms with van der Waals surface area (Å²) in [6.45, 7) is 0.208. The second-order valence-corrected chi connectivity index (χ2v) is 8.15. The quantitative estimate of drug-likeness (QED) is 0.216. The van der Waals surface area contributed by atoms with Crippen molar-refractivity contribution in [2.24, 2.45) is 0 Å². The molecule has 0 bridgehead atoms. The number of carbonyl (C=O) groups is 1. The molecular formula is C25H21FN2O4S. The number of carbonyl (C=O) groups excluding carboxylic acids is 1. The predicted molar refractivity (Wildman–Crippen MR) is 126 cm³/mol. The molecule has 0 radical (unpaired) electrons. The van der Waals surface area contributed by atoms with E-state index >= 15 is 0 Å². The van der Waals surface area contributed by atoms with Gasteiger partial charge in [-0.2, -0.15) is 0 Å². The summed E-state index contributed by atoms with van der Waals surface area (Å²) in [6.07, 6.45) is 0. The molecule has 6 nitrogen and oxygen atoms in total. The Hall–Kier alpha value is -3.65. The van der Waals surface area contributed by atoms with Gasteiger partial charge in [0.25, 0.3) is 5.56 Å².